The summed E-state index contributed by atoms with van der Waals surface area (Å²) < 4.78 is 11.6. The minimum atomic E-state index is -1.09. The summed E-state index contributed by atoms with van der Waals surface area (Å²) in [5, 5.41) is 10.7. The lowest BCUT2D eigenvalue weighted by Gasteiger charge is -2.22. The Labute approximate surface area is 213 Å². The Morgan fingerprint density at radius 3 is 2.26 bits per heavy atom. The topological polar surface area (TPSA) is 76.1 Å². The molecule has 0 spiro atoms. The fraction of sp³-hybridized carbons (Fsp3) is 0.259. The lowest BCUT2D eigenvalue weighted by Crippen LogP contribution is -2.41. The van der Waals surface area contributed by atoms with Crippen molar-refractivity contribution in [1.82, 2.24) is 4.90 Å². The number of fused-ring (bicyclic) bond motifs is 3. The van der Waals surface area contributed by atoms with Crippen LogP contribution in [0.1, 0.15) is 29.0 Å². The summed E-state index contributed by atoms with van der Waals surface area (Å²) in [5.41, 5.74) is 5.19. The molecule has 0 radical (unpaired) electrons. The average Bonchev–Trinajstić information content (AvgIpc) is 3.42. The number of nitrogens with zero attached hydrogens (tertiary/aromatic N) is 1. The lowest BCUT2D eigenvalue weighted by atomic mass is 9.98. The molecule has 3 aromatic rings. The molecule has 3 aromatic carbocycles. The highest BCUT2D eigenvalue weighted by molar-refractivity contribution is 6.35. The third kappa shape index (κ3) is 4.74. The minimum absolute atomic E-state index is 0.101. The van der Waals surface area contributed by atoms with Gasteiger partial charge in [-0.05, 0) is 39.9 Å². The van der Waals surface area contributed by atoms with Crippen LogP contribution in [0.3, 0.4) is 0 Å². The van der Waals surface area contributed by atoms with E-state index in [0.29, 0.717) is 10.0 Å². The molecule has 2 atom stereocenters. The van der Waals surface area contributed by atoms with E-state index in [2.05, 4.69) is 12.1 Å². The molecule has 0 saturated carbocycles. The maximum Gasteiger partial charge on any atom is 0.410 e. The first-order valence-electron chi connectivity index (χ1n) is 11.3. The van der Waals surface area contributed by atoms with Gasteiger partial charge in [0.15, 0.2) is 0 Å². The van der Waals surface area contributed by atoms with Crippen molar-refractivity contribution < 1.29 is 24.2 Å². The zero-order chi connectivity index (χ0) is 24.5. The van der Waals surface area contributed by atoms with Gasteiger partial charge in [0.25, 0.3) is 0 Å². The number of carboxylic acid groups (broad SMARTS) is 1. The van der Waals surface area contributed by atoms with Gasteiger partial charge in [-0.15, -0.1) is 0 Å². The van der Waals surface area contributed by atoms with Gasteiger partial charge in [-0.2, -0.15) is 0 Å². The minimum Gasteiger partial charge on any atom is -0.480 e. The number of hydrogen-bond donors (Lipinski definition) is 1. The van der Waals surface area contributed by atoms with Gasteiger partial charge in [0, 0.05) is 22.4 Å². The van der Waals surface area contributed by atoms with Crippen LogP contribution in [0.4, 0.5) is 4.79 Å². The van der Waals surface area contributed by atoms with E-state index in [1.165, 1.54) is 4.90 Å². The number of halogens is 2. The molecule has 1 aliphatic heterocycles. The van der Waals surface area contributed by atoms with E-state index in [1.807, 2.05) is 36.4 Å². The van der Waals surface area contributed by atoms with Crippen molar-refractivity contribution in [3.63, 3.8) is 0 Å². The zero-order valence-corrected chi connectivity index (χ0v) is 20.2. The third-order valence-corrected chi connectivity index (χ3v) is 7.19. The summed E-state index contributed by atoms with van der Waals surface area (Å²) in [5.74, 6) is -1.19. The zero-order valence-electron chi connectivity index (χ0n) is 18.7. The van der Waals surface area contributed by atoms with E-state index in [-0.39, 0.29) is 32.1 Å². The molecule has 2 unspecified atom stereocenters. The molecule has 1 amide bonds. The monoisotopic (exact) mass is 511 g/mol. The SMILES string of the molecule is O=C(O)C1CC(OCc2ccc(Cl)cc2Cl)CN1C(=O)OCC1c2ccccc2-c2ccccc21. The normalized spacial score (nSPS) is 18.9. The molecule has 6 nitrogen and oxygen atoms in total. The van der Waals surface area contributed by atoms with Crippen molar-refractivity contribution in [2.75, 3.05) is 13.2 Å². The number of hydrogen-bond acceptors (Lipinski definition) is 4. The number of aliphatic carboxylic acids is 1. The molecule has 1 fully saturated rings. The van der Waals surface area contributed by atoms with Crippen LogP contribution in [-0.4, -0.2) is 47.4 Å². The second-order valence-electron chi connectivity index (χ2n) is 8.71. The van der Waals surface area contributed by atoms with Crippen LogP contribution in [-0.2, 0) is 20.9 Å². The van der Waals surface area contributed by atoms with Gasteiger partial charge < -0.3 is 14.6 Å². The van der Waals surface area contributed by atoms with E-state index in [9.17, 15) is 14.7 Å². The lowest BCUT2D eigenvalue weighted by molar-refractivity contribution is -0.141. The molecule has 0 aromatic heterocycles. The van der Waals surface area contributed by atoms with Crippen LogP contribution < -0.4 is 0 Å². The van der Waals surface area contributed by atoms with Gasteiger partial charge in [-0.1, -0.05) is 77.8 Å². The summed E-state index contributed by atoms with van der Waals surface area (Å²) in [4.78, 5) is 26.1. The standard InChI is InChI=1S/C27H23Cl2NO5/c28-17-10-9-16(24(29)11-17)14-34-18-12-25(26(31)32)30(13-18)27(33)35-15-23-21-7-3-1-5-19(21)20-6-2-4-8-22(20)23/h1-11,18,23,25H,12-15H2,(H,31,32). The highest BCUT2D eigenvalue weighted by atomic mass is 35.5. The molecule has 0 bridgehead atoms. The van der Waals surface area contributed by atoms with Crippen molar-refractivity contribution in [3.8, 4) is 11.1 Å². The number of rotatable bonds is 6. The molecule has 1 N–H and O–H groups in total. The summed E-state index contributed by atoms with van der Waals surface area (Å²) in [6, 6.07) is 20.2. The molecule has 1 saturated heterocycles. The number of likely N-dealkylation sites (tertiary alicyclic amines) is 1. The van der Waals surface area contributed by atoms with E-state index in [1.54, 1.807) is 18.2 Å². The molecular weight excluding hydrogens is 489 g/mol. The highest BCUT2D eigenvalue weighted by Crippen LogP contribution is 2.44. The second-order valence-corrected chi connectivity index (χ2v) is 9.56. The summed E-state index contributed by atoms with van der Waals surface area (Å²) in [6.07, 6.45) is -0.941. The van der Waals surface area contributed by atoms with Gasteiger partial charge in [0.05, 0.1) is 19.3 Å². The van der Waals surface area contributed by atoms with Crippen LogP contribution in [0.5, 0.6) is 0 Å². The van der Waals surface area contributed by atoms with Gasteiger partial charge in [-0.25, -0.2) is 9.59 Å². The molecular formula is C27H23Cl2NO5. The van der Waals surface area contributed by atoms with Crippen LogP contribution in [0.2, 0.25) is 10.0 Å². The molecule has 1 heterocycles. The fourth-order valence-corrected chi connectivity index (χ4v) is 5.34. The largest absolute Gasteiger partial charge is 0.480 e. The maximum absolute atomic E-state index is 13.0. The van der Waals surface area contributed by atoms with E-state index < -0.39 is 24.2 Å². The Morgan fingerprint density at radius 2 is 1.63 bits per heavy atom. The van der Waals surface area contributed by atoms with Crippen molar-refractivity contribution in [2.45, 2.75) is 31.1 Å². The predicted octanol–water partition coefficient (Wildman–Crippen LogP) is 5.99. The Bertz CT molecular complexity index is 1230. The van der Waals surface area contributed by atoms with Gasteiger partial charge >= 0.3 is 12.1 Å². The molecule has 2 aliphatic rings. The van der Waals surface area contributed by atoms with Gasteiger partial charge in [0.1, 0.15) is 12.6 Å². The average molecular weight is 512 g/mol. The fourth-order valence-electron chi connectivity index (χ4n) is 4.88. The van der Waals surface area contributed by atoms with Crippen molar-refractivity contribution in [3.05, 3.63) is 93.5 Å². The van der Waals surface area contributed by atoms with Crippen molar-refractivity contribution >= 4 is 35.3 Å². The number of benzene rings is 3. The molecule has 35 heavy (non-hydrogen) atoms. The first-order valence-corrected chi connectivity index (χ1v) is 12.1. The number of carbonyl (C=O) groups is 2. The Balaban J connectivity index is 1.25. The number of ether oxygens (including phenoxy) is 2. The van der Waals surface area contributed by atoms with E-state index in [4.69, 9.17) is 32.7 Å². The highest BCUT2D eigenvalue weighted by Gasteiger charge is 2.41. The smallest absolute Gasteiger partial charge is 0.410 e. The van der Waals surface area contributed by atoms with Gasteiger partial charge in [0.2, 0.25) is 0 Å². The van der Waals surface area contributed by atoms with Crippen molar-refractivity contribution in [2.24, 2.45) is 0 Å². The summed E-state index contributed by atoms with van der Waals surface area (Å²) in [7, 11) is 0. The summed E-state index contributed by atoms with van der Waals surface area (Å²) in [6.45, 7) is 0.437. The Hall–Kier alpha value is -3.06. The van der Waals surface area contributed by atoms with Crippen molar-refractivity contribution in [1.29, 1.82) is 0 Å². The summed E-state index contributed by atoms with van der Waals surface area (Å²) >= 11 is 12.1. The Kier molecular flexibility index (Phi) is 6.69. The molecule has 8 heteroatoms. The third-order valence-electron chi connectivity index (χ3n) is 6.61. The van der Waals surface area contributed by atoms with Gasteiger partial charge in [-0.3, -0.25) is 4.90 Å². The quantitative estimate of drug-likeness (QED) is 0.440. The van der Waals surface area contributed by atoms with E-state index in [0.717, 1.165) is 27.8 Å². The number of carbonyl (C=O) groups excluding carboxylic acids is 1. The van der Waals surface area contributed by atoms with Crippen LogP contribution in [0.15, 0.2) is 66.7 Å². The molecule has 180 valence electrons. The first kappa shape index (κ1) is 23.7. The van der Waals surface area contributed by atoms with E-state index >= 15 is 0 Å². The van der Waals surface area contributed by atoms with Crippen LogP contribution in [0.25, 0.3) is 11.1 Å². The first-order chi connectivity index (χ1) is 16.9. The second kappa shape index (κ2) is 9.90. The predicted molar refractivity (Wildman–Crippen MR) is 133 cm³/mol. The molecule has 5 rings (SSSR count). The maximum atomic E-state index is 13.0. The molecule has 1 aliphatic carbocycles. The van der Waals surface area contributed by atoms with Crippen LogP contribution >= 0.6 is 23.2 Å². The number of carboxylic acids is 1. The van der Waals surface area contributed by atoms with Crippen LogP contribution in [0, 0.1) is 0 Å². The Morgan fingerprint density at radius 1 is 0.971 bits per heavy atom. The number of amides is 1.